The number of carbonyl (C=O) groups is 2. The van der Waals surface area contributed by atoms with Crippen LogP contribution >= 0.6 is 15.9 Å². The van der Waals surface area contributed by atoms with Crippen molar-refractivity contribution >= 4 is 28.1 Å². The maximum absolute atomic E-state index is 12.0. The van der Waals surface area contributed by atoms with Crippen LogP contribution in [0, 0.1) is 0 Å². The second-order valence-electron chi connectivity index (χ2n) is 4.24. The van der Waals surface area contributed by atoms with E-state index < -0.39 is 0 Å². The fraction of sp³-hybridized carbons (Fsp3) is 0.467. The Balaban J connectivity index is 2.91. The van der Waals surface area contributed by atoms with E-state index in [4.69, 9.17) is 9.47 Å². The minimum atomic E-state index is -0.0891. The summed E-state index contributed by atoms with van der Waals surface area (Å²) in [4.78, 5) is 24.5. The van der Waals surface area contributed by atoms with Gasteiger partial charge in [0.2, 0.25) is 0 Å². The van der Waals surface area contributed by atoms with E-state index in [1.807, 2.05) is 20.8 Å². The van der Waals surface area contributed by atoms with E-state index in [-0.39, 0.29) is 12.5 Å². The highest BCUT2D eigenvalue weighted by Crippen LogP contribution is 2.36. The van der Waals surface area contributed by atoms with Crippen LogP contribution in [0.1, 0.15) is 31.1 Å². The molecule has 0 aromatic heterocycles. The lowest BCUT2D eigenvalue weighted by molar-refractivity contribution is -0.133. The van der Waals surface area contributed by atoms with Gasteiger partial charge in [-0.15, -0.1) is 0 Å². The molecule has 116 valence electrons. The monoisotopic (exact) mass is 357 g/mol. The first-order valence-corrected chi connectivity index (χ1v) is 7.68. The number of rotatable bonds is 8. The number of amides is 1. The van der Waals surface area contributed by atoms with Gasteiger partial charge in [-0.3, -0.25) is 9.59 Å². The van der Waals surface area contributed by atoms with Crippen LogP contribution in [-0.2, 0) is 4.79 Å². The summed E-state index contributed by atoms with van der Waals surface area (Å²) < 4.78 is 11.6. The van der Waals surface area contributed by atoms with E-state index in [9.17, 15) is 9.59 Å². The fourth-order valence-electron chi connectivity index (χ4n) is 1.86. The molecule has 0 fully saturated rings. The van der Waals surface area contributed by atoms with Crippen LogP contribution in [0.3, 0.4) is 0 Å². The van der Waals surface area contributed by atoms with E-state index >= 15 is 0 Å². The lowest BCUT2D eigenvalue weighted by Crippen LogP contribution is -2.34. The normalized spacial score (nSPS) is 10.1. The van der Waals surface area contributed by atoms with Crippen LogP contribution in [0.15, 0.2) is 16.6 Å². The molecule has 0 aliphatic rings. The molecule has 0 heterocycles. The number of likely N-dealkylation sites (N-methyl/N-ethyl adjacent to an activating group) is 1. The zero-order valence-corrected chi connectivity index (χ0v) is 14.1. The summed E-state index contributed by atoms with van der Waals surface area (Å²) in [5.41, 5.74) is 0.479. The van der Waals surface area contributed by atoms with Gasteiger partial charge in [-0.25, -0.2) is 0 Å². The molecule has 0 aliphatic carbocycles. The Bertz CT molecular complexity index is 501. The minimum Gasteiger partial charge on any atom is -0.490 e. The maximum Gasteiger partial charge on any atom is 0.260 e. The van der Waals surface area contributed by atoms with Crippen LogP contribution in [0.2, 0.25) is 0 Å². The van der Waals surface area contributed by atoms with Crippen molar-refractivity contribution in [3.05, 3.63) is 22.2 Å². The Morgan fingerprint density at radius 2 is 1.90 bits per heavy atom. The van der Waals surface area contributed by atoms with Crippen molar-refractivity contribution in [2.24, 2.45) is 0 Å². The third kappa shape index (κ3) is 4.74. The number of benzene rings is 1. The Labute approximate surface area is 133 Å². The summed E-state index contributed by atoms with van der Waals surface area (Å²) in [6.45, 7) is 7.33. The highest BCUT2D eigenvalue weighted by Gasteiger charge is 2.16. The van der Waals surface area contributed by atoms with E-state index in [0.717, 1.165) is 6.29 Å². The molecule has 0 unspecified atom stereocenters. The van der Waals surface area contributed by atoms with E-state index in [1.54, 1.807) is 17.0 Å². The molecule has 0 bridgehead atoms. The number of hydrogen-bond acceptors (Lipinski definition) is 4. The van der Waals surface area contributed by atoms with Crippen LogP contribution in [0.25, 0.3) is 0 Å². The Morgan fingerprint density at radius 1 is 1.24 bits per heavy atom. The first kappa shape index (κ1) is 17.5. The van der Waals surface area contributed by atoms with Crippen molar-refractivity contribution < 1.29 is 19.1 Å². The average Bonchev–Trinajstić information content (AvgIpc) is 2.47. The number of hydrogen-bond donors (Lipinski definition) is 0. The van der Waals surface area contributed by atoms with Gasteiger partial charge in [0.25, 0.3) is 5.91 Å². The molecule has 0 saturated heterocycles. The van der Waals surface area contributed by atoms with Crippen molar-refractivity contribution in [3.63, 3.8) is 0 Å². The Hall–Kier alpha value is -1.56. The number of ether oxygens (including phenoxy) is 2. The highest BCUT2D eigenvalue weighted by molar-refractivity contribution is 9.10. The molecule has 0 N–H and O–H groups in total. The molecule has 1 aromatic carbocycles. The summed E-state index contributed by atoms with van der Waals surface area (Å²) in [5.74, 6) is 0.790. The van der Waals surface area contributed by atoms with Crippen LogP contribution in [-0.4, -0.2) is 43.4 Å². The maximum atomic E-state index is 12.0. The molecule has 0 aliphatic heterocycles. The average molecular weight is 358 g/mol. The molecule has 1 amide bonds. The lowest BCUT2D eigenvalue weighted by Gasteiger charge is -2.20. The molecule has 0 saturated carbocycles. The van der Waals surface area contributed by atoms with Gasteiger partial charge in [0.15, 0.2) is 18.1 Å². The van der Waals surface area contributed by atoms with Crippen molar-refractivity contribution in [2.75, 3.05) is 26.3 Å². The smallest absolute Gasteiger partial charge is 0.260 e. The summed E-state index contributed by atoms with van der Waals surface area (Å²) >= 11 is 3.34. The van der Waals surface area contributed by atoms with Crippen LogP contribution < -0.4 is 9.47 Å². The molecule has 0 spiro atoms. The molecular weight excluding hydrogens is 338 g/mol. The van der Waals surface area contributed by atoms with E-state index in [1.165, 1.54) is 0 Å². The van der Waals surface area contributed by atoms with E-state index in [2.05, 4.69) is 15.9 Å². The lowest BCUT2D eigenvalue weighted by atomic mass is 10.2. The van der Waals surface area contributed by atoms with Gasteiger partial charge in [-0.1, -0.05) is 0 Å². The van der Waals surface area contributed by atoms with Gasteiger partial charge < -0.3 is 14.4 Å². The zero-order valence-electron chi connectivity index (χ0n) is 12.5. The topological polar surface area (TPSA) is 55.8 Å². The molecule has 5 nitrogen and oxygen atoms in total. The molecule has 21 heavy (non-hydrogen) atoms. The third-order valence-corrected chi connectivity index (χ3v) is 3.51. The van der Waals surface area contributed by atoms with Crippen molar-refractivity contribution in [1.29, 1.82) is 0 Å². The predicted octanol–water partition coefficient (Wildman–Crippen LogP) is 2.91. The summed E-state index contributed by atoms with van der Waals surface area (Å²) in [6, 6.07) is 3.23. The second kappa shape index (κ2) is 8.67. The van der Waals surface area contributed by atoms with Crippen molar-refractivity contribution in [1.82, 2.24) is 4.90 Å². The number of aldehydes is 1. The highest BCUT2D eigenvalue weighted by atomic mass is 79.9. The summed E-state index contributed by atoms with van der Waals surface area (Å²) in [6.07, 6.45) is 0.734. The number of halogens is 1. The minimum absolute atomic E-state index is 0.0687. The molecule has 0 radical (unpaired) electrons. The third-order valence-electron chi connectivity index (χ3n) is 2.92. The van der Waals surface area contributed by atoms with Crippen molar-refractivity contribution in [3.8, 4) is 11.5 Å². The summed E-state index contributed by atoms with van der Waals surface area (Å²) in [5, 5.41) is 0. The molecule has 0 atom stereocenters. The van der Waals surface area contributed by atoms with Crippen molar-refractivity contribution in [2.45, 2.75) is 20.8 Å². The first-order valence-electron chi connectivity index (χ1n) is 6.89. The van der Waals surface area contributed by atoms with Gasteiger partial charge in [0, 0.05) is 18.7 Å². The Morgan fingerprint density at radius 3 is 2.43 bits per heavy atom. The summed E-state index contributed by atoms with van der Waals surface area (Å²) in [7, 11) is 0. The largest absolute Gasteiger partial charge is 0.490 e. The van der Waals surface area contributed by atoms with E-state index in [0.29, 0.717) is 41.2 Å². The fourth-order valence-corrected chi connectivity index (χ4v) is 2.43. The molecule has 6 heteroatoms. The van der Waals surface area contributed by atoms with Crippen LogP contribution in [0.5, 0.6) is 11.5 Å². The quantitative estimate of drug-likeness (QED) is 0.671. The van der Waals surface area contributed by atoms with Gasteiger partial charge in [0.05, 0.1) is 11.1 Å². The zero-order chi connectivity index (χ0) is 15.8. The molecular formula is C15H20BrNO4. The van der Waals surface area contributed by atoms with Gasteiger partial charge in [-0.05, 0) is 48.8 Å². The Kier molecular flexibility index (Phi) is 7.22. The number of carbonyl (C=O) groups excluding carboxylic acids is 2. The van der Waals surface area contributed by atoms with Gasteiger partial charge in [0.1, 0.15) is 6.29 Å². The standard InChI is InChI=1S/C15H20BrNO4/c1-4-17(5-2)14(19)10-21-15-12(16)7-11(9-18)8-13(15)20-6-3/h7-9H,4-6,10H2,1-3H3. The molecule has 1 aromatic rings. The second-order valence-corrected chi connectivity index (χ2v) is 5.09. The first-order chi connectivity index (χ1) is 10.1. The SMILES string of the molecule is CCOc1cc(C=O)cc(Br)c1OCC(=O)N(CC)CC. The van der Waals surface area contributed by atoms with Crippen LogP contribution in [0.4, 0.5) is 0 Å². The predicted molar refractivity (Wildman–Crippen MR) is 84.1 cm³/mol. The van der Waals surface area contributed by atoms with Gasteiger partial charge in [-0.2, -0.15) is 0 Å². The van der Waals surface area contributed by atoms with Gasteiger partial charge >= 0.3 is 0 Å². The number of nitrogens with zero attached hydrogens (tertiary/aromatic N) is 1. The molecule has 1 rings (SSSR count).